The van der Waals surface area contributed by atoms with Crippen LogP contribution in [0.25, 0.3) is 0 Å². The third kappa shape index (κ3) is 6.40. The van der Waals surface area contributed by atoms with Gasteiger partial charge in [0, 0.05) is 0 Å². The Hall–Kier alpha value is -3.37. The number of aryl methyl sites for hydroxylation is 1. The molecular weight excluding hydrogens is 503 g/mol. The smallest absolute Gasteiger partial charge is 0.271 e. The second-order valence-electron chi connectivity index (χ2n) is 7.59. The van der Waals surface area contributed by atoms with Gasteiger partial charge in [0.1, 0.15) is 6.54 Å². The van der Waals surface area contributed by atoms with Crippen LogP contribution >= 0.6 is 11.6 Å². The van der Waals surface area contributed by atoms with Gasteiger partial charge in [0.15, 0.2) is 0 Å². The fourth-order valence-electron chi connectivity index (χ4n) is 3.07. The molecule has 0 unspecified atom stereocenters. The fourth-order valence-corrected chi connectivity index (χ4v) is 4.79. The van der Waals surface area contributed by atoms with Crippen molar-refractivity contribution in [3.63, 3.8) is 0 Å². The Morgan fingerprint density at radius 1 is 1.03 bits per heavy atom. The molecule has 0 atom stereocenters. The summed E-state index contributed by atoms with van der Waals surface area (Å²) in [6, 6.07) is 16.6. The first-order valence-corrected chi connectivity index (χ1v) is 12.1. The van der Waals surface area contributed by atoms with Gasteiger partial charge >= 0.3 is 6.18 Å². The minimum Gasteiger partial charge on any atom is -0.271 e. The third-order valence-electron chi connectivity index (χ3n) is 4.98. The number of halogens is 4. The van der Waals surface area contributed by atoms with Crippen LogP contribution < -0.4 is 9.73 Å². The van der Waals surface area contributed by atoms with Crippen LogP contribution in [0.5, 0.6) is 0 Å². The maximum absolute atomic E-state index is 13.3. The zero-order chi connectivity index (χ0) is 25.8. The lowest BCUT2D eigenvalue weighted by atomic mass is 10.1. The van der Waals surface area contributed by atoms with E-state index < -0.39 is 39.9 Å². The number of amides is 1. The van der Waals surface area contributed by atoms with Crippen molar-refractivity contribution >= 4 is 38.9 Å². The molecule has 0 radical (unpaired) electrons. The summed E-state index contributed by atoms with van der Waals surface area (Å²) in [6.45, 7) is 2.70. The Morgan fingerprint density at radius 2 is 1.66 bits per heavy atom. The number of carbonyl (C=O) groups excluding carboxylic acids is 1. The topological polar surface area (TPSA) is 78.8 Å². The lowest BCUT2D eigenvalue weighted by Crippen LogP contribution is -2.40. The number of benzene rings is 3. The van der Waals surface area contributed by atoms with E-state index in [9.17, 15) is 26.4 Å². The number of alkyl halides is 3. The fraction of sp³-hybridized carbons (Fsp3) is 0.167. The summed E-state index contributed by atoms with van der Waals surface area (Å²) in [5, 5.41) is 3.71. The number of anilines is 1. The molecular formula is C24H21ClF3N3O3S. The highest BCUT2D eigenvalue weighted by atomic mass is 35.5. The minimum absolute atomic E-state index is 0.222. The first-order valence-electron chi connectivity index (χ1n) is 10.2. The monoisotopic (exact) mass is 523 g/mol. The van der Waals surface area contributed by atoms with Crippen molar-refractivity contribution in [3.05, 3.63) is 94.5 Å². The molecule has 0 heterocycles. The molecule has 0 spiro atoms. The molecule has 0 bridgehead atoms. The molecule has 0 aromatic heterocycles. The van der Waals surface area contributed by atoms with E-state index in [1.165, 1.54) is 24.3 Å². The largest absolute Gasteiger partial charge is 0.416 e. The Balaban J connectivity index is 1.98. The predicted molar refractivity (Wildman–Crippen MR) is 129 cm³/mol. The Morgan fingerprint density at radius 3 is 2.26 bits per heavy atom. The first kappa shape index (κ1) is 26.2. The van der Waals surface area contributed by atoms with Crippen molar-refractivity contribution in [1.29, 1.82) is 0 Å². The molecule has 1 amide bonds. The van der Waals surface area contributed by atoms with E-state index >= 15 is 0 Å². The van der Waals surface area contributed by atoms with Crippen LogP contribution in [-0.2, 0) is 21.0 Å². The molecule has 35 heavy (non-hydrogen) atoms. The first-order chi connectivity index (χ1) is 16.4. The maximum Gasteiger partial charge on any atom is 0.416 e. The average Bonchev–Trinajstić information content (AvgIpc) is 2.81. The highest BCUT2D eigenvalue weighted by Crippen LogP contribution is 2.37. The van der Waals surface area contributed by atoms with Crippen LogP contribution in [0.1, 0.15) is 23.6 Å². The average molecular weight is 524 g/mol. The molecule has 3 aromatic rings. The van der Waals surface area contributed by atoms with Crippen molar-refractivity contribution in [2.24, 2.45) is 5.10 Å². The summed E-state index contributed by atoms with van der Waals surface area (Å²) in [6.07, 6.45) is -4.75. The van der Waals surface area contributed by atoms with E-state index in [1.807, 2.05) is 19.1 Å². The van der Waals surface area contributed by atoms with E-state index in [-0.39, 0.29) is 9.92 Å². The Kier molecular flexibility index (Phi) is 7.86. The van der Waals surface area contributed by atoms with Gasteiger partial charge in [-0.15, -0.1) is 0 Å². The summed E-state index contributed by atoms with van der Waals surface area (Å²) in [5.74, 6) is -0.871. The highest BCUT2D eigenvalue weighted by Gasteiger charge is 2.34. The van der Waals surface area contributed by atoms with E-state index in [0.29, 0.717) is 16.1 Å². The normalized spacial score (nSPS) is 12.3. The van der Waals surface area contributed by atoms with Crippen LogP contribution in [0.3, 0.4) is 0 Å². The molecule has 3 aromatic carbocycles. The summed E-state index contributed by atoms with van der Waals surface area (Å²) >= 11 is 6.11. The van der Waals surface area contributed by atoms with Crippen LogP contribution in [0, 0.1) is 6.92 Å². The van der Waals surface area contributed by atoms with Crippen molar-refractivity contribution in [2.75, 3.05) is 10.8 Å². The van der Waals surface area contributed by atoms with Gasteiger partial charge in [-0.1, -0.05) is 59.6 Å². The van der Waals surface area contributed by atoms with Gasteiger partial charge in [0.05, 0.1) is 26.9 Å². The van der Waals surface area contributed by atoms with Crippen LogP contribution in [0.4, 0.5) is 18.9 Å². The number of sulfonamides is 1. The molecule has 184 valence electrons. The van der Waals surface area contributed by atoms with Crippen LogP contribution in [0.15, 0.2) is 82.8 Å². The Bertz CT molecular complexity index is 1340. The van der Waals surface area contributed by atoms with Gasteiger partial charge in [-0.25, -0.2) is 13.8 Å². The molecule has 1 N–H and O–H groups in total. The summed E-state index contributed by atoms with van der Waals surface area (Å²) < 4.78 is 67.2. The second-order valence-corrected chi connectivity index (χ2v) is 9.86. The van der Waals surface area contributed by atoms with Gasteiger partial charge in [-0.05, 0) is 49.7 Å². The summed E-state index contributed by atoms with van der Waals surface area (Å²) in [5.41, 5.74) is 2.87. The van der Waals surface area contributed by atoms with Crippen molar-refractivity contribution in [1.82, 2.24) is 5.43 Å². The zero-order valence-electron chi connectivity index (χ0n) is 18.7. The van der Waals surface area contributed by atoms with Gasteiger partial charge in [0.2, 0.25) is 0 Å². The molecule has 0 saturated heterocycles. The molecule has 0 saturated carbocycles. The SMILES string of the molecule is C/C(=N/NC(=O)CN(c1cc(C(F)(F)F)ccc1Cl)S(=O)(=O)c1ccccc1)c1ccc(C)cc1. The number of hydrazone groups is 1. The quantitative estimate of drug-likeness (QED) is 0.332. The van der Waals surface area contributed by atoms with E-state index in [4.69, 9.17) is 11.6 Å². The van der Waals surface area contributed by atoms with Crippen molar-refractivity contribution < 1.29 is 26.4 Å². The molecule has 0 fully saturated rings. The van der Waals surface area contributed by atoms with Gasteiger partial charge in [-0.2, -0.15) is 18.3 Å². The highest BCUT2D eigenvalue weighted by molar-refractivity contribution is 7.92. The van der Waals surface area contributed by atoms with E-state index in [2.05, 4.69) is 10.5 Å². The maximum atomic E-state index is 13.3. The minimum atomic E-state index is -4.75. The van der Waals surface area contributed by atoms with Crippen LogP contribution in [-0.4, -0.2) is 26.6 Å². The molecule has 11 heteroatoms. The third-order valence-corrected chi connectivity index (χ3v) is 7.07. The lowest BCUT2D eigenvalue weighted by Gasteiger charge is -2.25. The Labute approximate surface area is 206 Å². The summed E-state index contributed by atoms with van der Waals surface area (Å²) in [4.78, 5) is 12.5. The lowest BCUT2D eigenvalue weighted by molar-refractivity contribution is -0.137. The van der Waals surface area contributed by atoms with Crippen molar-refractivity contribution in [3.8, 4) is 0 Å². The second kappa shape index (κ2) is 10.5. The van der Waals surface area contributed by atoms with Gasteiger partial charge in [0.25, 0.3) is 15.9 Å². The number of carbonyl (C=O) groups is 1. The number of nitrogens with zero attached hydrogens (tertiary/aromatic N) is 2. The van der Waals surface area contributed by atoms with Crippen LogP contribution in [0.2, 0.25) is 5.02 Å². The standard InChI is InChI=1S/C24H21ClF3N3O3S/c1-16-8-10-18(11-9-16)17(2)29-30-23(32)15-31(35(33,34)20-6-4-3-5-7-20)22-14-19(24(26,27)28)12-13-21(22)25/h3-14H,15H2,1-2H3,(H,30,32)/b29-17-. The number of rotatable bonds is 7. The molecule has 6 nitrogen and oxygen atoms in total. The molecule has 0 aliphatic rings. The van der Waals surface area contributed by atoms with Gasteiger partial charge in [-0.3, -0.25) is 9.10 Å². The number of hydrogen-bond acceptors (Lipinski definition) is 4. The predicted octanol–water partition coefficient (Wildman–Crippen LogP) is 5.40. The van der Waals surface area contributed by atoms with E-state index in [0.717, 1.165) is 23.3 Å². The zero-order valence-corrected chi connectivity index (χ0v) is 20.2. The molecule has 0 aliphatic carbocycles. The van der Waals surface area contributed by atoms with Gasteiger partial charge < -0.3 is 0 Å². The summed E-state index contributed by atoms with van der Waals surface area (Å²) in [7, 11) is -4.46. The number of nitrogens with one attached hydrogen (secondary N) is 1. The number of hydrogen-bond donors (Lipinski definition) is 1. The molecule has 0 aliphatic heterocycles. The molecule has 3 rings (SSSR count). The van der Waals surface area contributed by atoms with Crippen molar-refractivity contribution in [2.45, 2.75) is 24.9 Å². The van der Waals surface area contributed by atoms with E-state index in [1.54, 1.807) is 25.1 Å².